The maximum absolute atomic E-state index is 14.5. The number of nitrogens with zero attached hydrogens (tertiary/aromatic N) is 3. The third-order valence-electron chi connectivity index (χ3n) is 5.07. The molecule has 1 saturated heterocycles. The van der Waals surface area contributed by atoms with Gasteiger partial charge < -0.3 is 14.3 Å². The molecule has 2 aromatic heterocycles. The van der Waals surface area contributed by atoms with Crippen molar-refractivity contribution in [3.63, 3.8) is 0 Å². The SMILES string of the molecule is Cc1oc(C(=O)Nc2ccc(-n3ccnc3C)c(F)c2)cc1S(=O)(=O)N1CCCC1. The highest BCUT2D eigenvalue weighted by molar-refractivity contribution is 7.89. The Hall–Kier alpha value is -2.98. The summed E-state index contributed by atoms with van der Waals surface area (Å²) in [7, 11) is -3.71. The van der Waals surface area contributed by atoms with Gasteiger partial charge >= 0.3 is 0 Å². The van der Waals surface area contributed by atoms with Gasteiger partial charge in [-0.15, -0.1) is 0 Å². The van der Waals surface area contributed by atoms with Gasteiger partial charge in [0.25, 0.3) is 5.91 Å². The van der Waals surface area contributed by atoms with E-state index in [2.05, 4.69) is 10.3 Å². The fourth-order valence-corrected chi connectivity index (χ4v) is 5.18. The van der Waals surface area contributed by atoms with Crippen LogP contribution in [-0.4, -0.2) is 41.3 Å². The van der Waals surface area contributed by atoms with Gasteiger partial charge in [0.1, 0.15) is 22.3 Å². The number of amides is 1. The van der Waals surface area contributed by atoms with Gasteiger partial charge in [0.05, 0.1) is 5.69 Å². The summed E-state index contributed by atoms with van der Waals surface area (Å²) < 4.78 is 48.4. The Morgan fingerprint density at radius 2 is 1.93 bits per heavy atom. The minimum absolute atomic E-state index is 0.0216. The Morgan fingerprint density at radius 1 is 1.20 bits per heavy atom. The second kappa shape index (κ2) is 7.69. The molecule has 4 rings (SSSR count). The van der Waals surface area contributed by atoms with E-state index in [9.17, 15) is 17.6 Å². The highest BCUT2D eigenvalue weighted by Crippen LogP contribution is 2.27. The van der Waals surface area contributed by atoms with Crippen LogP contribution in [-0.2, 0) is 10.0 Å². The number of rotatable bonds is 5. The molecule has 0 bridgehead atoms. The molecule has 0 radical (unpaired) electrons. The molecule has 158 valence electrons. The second-order valence-electron chi connectivity index (χ2n) is 7.11. The standard InChI is InChI=1S/C20H21FN4O4S/c1-13-19(30(27,28)24-8-3-4-9-24)12-18(29-13)20(26)23-15-5-6-17(16(21)11-15)25-10-7-22-14(25)2/h5-7,10-12H,3-4,8-9H2,1-2H3,(H,23,26). The van der Waals surface area contributed by atoms with Crippen molar-refractivity contribution in [3.8, 4) is 5.69 Å². The molecule has 10 heteroatoms. The number of aromatic nitrogens is 2. The summed E-state index contributed by atoms with van der Waals surface area (Å²) in [6.07, 6.45) is 4.82. The largest absolute Gasteiger partial charge is 0.455 e. The number of halogens is 1. The first-order valence-corrected chi connectivity index (χ1v) is 10.9. The number of benzene rings is 1. The third-order valence-corrected chi connectivity index (χ3v) is 7.08. The smallest absolute Gasteiger partial charge is 0.291 e. The van der Waals surface area contributed by atoms with Crippen molar-refractivity contribution in [2.24, 2.45) is 0 Å². The van der Waals surface area contributed by atoms with Gasteiger partial charge in [-0.05, 0) is 44.9 Å². The first-order chi connectivity index (χ1) is 14.3. The first-order valence-electron chi connectivity index (χ1n) is 9.49. The third kappa shape index (κ3) is 3.63. The number of carbonyl (C=O) groups excluding carboxylic acids is 1. The van der Waals surface area contributed by atoms with Gasteiger partial charge in [0.15, 0.2) is 5.76 Å². The number of aryl methyl sites for hydroxylation is 2. The molecule has 30 heavy (non-hydrogen) atoms. The highest BCUT2D eigenvalue weighted by Gasteiger charge is 2.31. The zero-order valence-electron chi connectivity index (χ0n) is 16.6. The average Bonchev–Trinajstić information content (AvgIpc) is 3.43. The van der Waals surface area contributed by atoms with E-state index < -0.39 is 21.7 Å². The highest BCUT2D eigenvalue weighted by atomic mass is 32.2. The lowest BCUT2D eigenvalue weighted by atomic mass is 10.2. The molecular weight excluding hydrogens is 411 g/mol. The number of anilines is 1. The number of imidazole rings is 1. The lowest BCUT2D eigenvalue weighted by molar-refractivity contribution is 0.0995. The van der Waals surface area contributed by atoms with Gasteiger partial charge in [0, 0.05) is 37.2 Å². The van der Waals surface area contributed by atoms with Crippen molar-refractivity contribution in [1.29, 1.82) is 0 Å². The summed E-state index contributed by atoms with van der Waals surface area (Å²) in [5, 5.41) is 2.54. The molecule has 1 amide bonds. The van der Waals surface area contributed by atoms with Crippen LogP contribution < -0.4 is 5.32 Å². The maximum Gasteiger partial charge on any atom is 0.291 e. The van der Waals surface area contributed by atoms with Crippen molar-refractivity contribution in [1.82, 2.24) is 13.9 Å². The molecule has 8 nitrogen and oxygen atoms in total. The molecule has 1 fully saturated rings. The summed E-state index contributed by atoms with van der Waals surface area (Å²) in [4.78, 5) is 16.6. The summed E-state index contributed by atoms with van der Waals surface area (Å²) in [5.74, 6) is -0.582. The van der Waals surface area contributed by atoms with Crippen molar-refractivity contribution >= 4 is 21.6 Å². The minimum Gasteiger partial charge on any atom is -0.455 e. The van der Waals surface area contributed by atoms with Gasteiger partial charge in [-0.2, -0.15) is 4.31 Å². The summed E-state index contributed by atoms with van der Waals surface area (Å²) in [6.45, 7) is 4.16. The van der Waals surface area contributed by atoms with E-state index in [0.29, 0.717) is 24.6 Å². The molecule has 0 aliphatic carbocycles. The van der Waals surface area contributed by atoms with Gasteiger partial charge in [-0.25, -0.2) is 17.8 Å². The summed E-state index contributed by atoms with van der Waals surface area (Å²) >= 11 is 0. The molecule has 0 spiro atoms. The van der Waals surface area contributed by atoms with Crippen LogP contribution in [0.3, 0.4) is 0 Å². The van der Waals surface area contributed by atoms with Crippen LogP contribution in [0.1, 0.15) is 35.0 Å². The zero-order valence-corrected chi connectivity index (χ0v) is 17.4. The molecule has 1 N–H and O–H groups in total. The van der Waals surface area contributed by atoms with E-state index in [1.54, 1.807) is 30.0 Å². The van der Waals surface area contributed by atoms with Crippen molar-refractivity contribution in [2.75, 3.05) is 18.4 Å². The van der Waals surface area contributed by atoms with Crippen LogP contribution in [0, 0.1) is 19.7 Å². The molecule has 3 heterocycles. The van der Waals surface area contributed by atoms with Crippen LogP contribution in [0.5, 0.6) is 0 Å². The maximum atomic E-state index is 14.5. The number of hydrogen-bond donors (Lipinski definition) is 1. The predicted molar refractivity (Wildman–Crippen MR) is 108 cm³/mol. The Labute approximate surface area is 173 Å². The quantitative estimate of drug-likeness (QED) is 0.667. The van der Waals surface area contributed by atoms with E-state index in [1.165, 1.54) is 29.4 Å². The number of nitrogens with one attached hydrogen (secondary N) is 1. The fourth-order valence-electron chi connectivity index (χ4n) is 3.51. The van der Waals surface area contributed by atoms with Crippen molar-refractivity contribution < 1.29 is 22.0 Å². The van der Waals surface area contributed by atoms with Gasteiger partial charge in [0.2, 0.25) is 10.0 Å². The summed E-state index contributed by atoms with van der Waals surface area (Å²) in [5.41, 5.74) is 0.521. The minimum atomic E-state index is -3.71. The lowest BCUT2D eigenvalue weighted by Crippen LogP contribution is -2.28. The Bertz CT molecular complexity index is 1210. The first kappa shape index (κ1) is 20.3. The molecule has 1 aliphatic heterocycles. The molecular formula is C20H21FN4O4S. The van der Waals surface area contributed by atoms with Crippen LogP contribution >= 0.6 is 0 Å². The van der Waals surface area contributed by atoms with E-state index >= 15 is 0 Å². The van der Waals surface area contributed by atoms with E-state index in [-0.39, 0.29) is 22.1 Å². The molecule has 1 aliphatic rings. The normalized spacial score (nSPS) is 14.9. The van der Waals surface area contributed by atoms with E-state index in [0.717, 1.165) is 12.8 Å². The summed E-state index contributed by atoms with van der Waals surface area (Å²) in [6, 6.07) is 5.48. The number of carbonyl (C=O) groups is 1. The number of furan rings is 1. The van der Waals surface area contributed by atoms with Gasteiger partial charge in [-0.1, -0.05) is 0 Å². The topological polar surface area (TPSA) is 97.4 Å². The van der Waals surface area contributed by atoms with Crippen molar-refractivity contribution in [2.45, 2.75) is 31.6 Å². The van der Waals surface area contributed by atoms with Crippen LogP contribution in [0.4, 0.5) is 10.1 Å². The van der Waals surface area contributed by atoms with Gasteiger partial charge in [-0.3, -0.25) is 4.79 Å². The number of sulfonamides is 1. The second-order valence-corrected chi connectivity index (χ2v) is 9.01. The van der Waals surface area contributed by atoms with Crippen molar-refractivity contribution in [3.05, 3.63) is 59.8 Å². The molecule has 0 atom stereocenters. The Kier molecular flexibility index (Phi) is 5.20. The van der Waals surface area contributed by atoms with Crippen LogP contribution in [0.25, 0.3) is 5.69 Å². The fraction of sp³-hybridized carbons (Fsp3) is 0.300. The number of hydrogen-bond acceptors (Lipinski definition) is 5. The lowest BCUT2D eigenvalue weighted by Gasteiger charge is -2.14. The average molecular weight is 432 g/mol. The monoisotopic (exact) mass is 432 g/mol. The molecule has 3 aromatic rings. The van der Waals surface area contributed by atoms with E-state index in [1.807, 2.05) is 0 Å². The van der Waals surface area contributed by atoms with Crippen LogP contribution in [0.15, 0.2) is 46.0 Å². The van der Waals surface area contributed by atoms with Crippen LogP contribution in [0.2, 0.25) is 0 Å². The zero-order chi connectivity index (χ0) is 21.5. The Balaban J connectivity index is 1.55. The molecule has 0 saturated carbocycles. The predicted octanol–water partition coefficient (Wildman–Crippen LogP) is 3.26. The Morgan fingerprint density at radius 3 is 2.57 bits per heavy atom. The molecule has 1 aromatic carbocycles. The molecule has 0 unspecified atom stereocenters. The van der Waals surface area contributed by atoms with E-state index in [4.69, 9.17) is 4.42 Å².